The average Bonchev–Trinajstić information content (AvgIpc) is 2.94. The SMILES string of the molecule is CC(C)C[C@H](NC(=O)N1CCOCC1)C(=O)N[C@@H](CCc1ccccc1)C(=O)/C=C/S(=O)(=O)c1ccccc1. The zero-order valence-electron chi connectivity index (χ0n) is 22.4. The molecule has 1 aliphatic heterocycles. The van der Waals surface area contributed by atoms with E-state index in [2.05, 4.69) is 10.6 Å². The standard InChI is InChI=1S/C29H37N3O6S/c1-22(2)21-26(31-29(35)32-16-18-38-19-17-32)28(34)30-25(14-13-23-9-5-3-6-10-23)27(33)15-20-39(36,37)24-11-7-4-8-12-24/h3-12,15,20,22,25-26H,13-14,16-19,21H2,1-2H3,(H,30,34)(H,31,35)/b20-15+/t25-,26-/m0/s1. The molecule has 2 atom stereocenters. The Morgan fingerprint density at radius 2 is 1.54 bits per heavy atom. The Labute approximate surface area is 230 Å². The van der Waals surface area contributed by atoms with Gasteiger partial charge in [-0.3, -0.25) is 9.59 Å². The third-order valence-electron chi connectivity index (χ3n) is 6.33. The van der Waals surface area contributed by atoms with E-state index in [0.29, 0.717) is 39.1 Å². The lowest BCUT2D eigenvalue weighted by atomic mass is 9.99. The summed E-state index contributed by atoms with van der Waals surface area (Å²) in [6.07, 6.45) is 2.13. The number of amides is 3. The normalized spacial score (nSPS) is 15.6. The molecule has 1 fully saturated rings. The van der Waals surface area contributed by atoms with Crippen LogP contribution in [0.3, 0.4) is 0 Å². The van der Waals surface area contributed by atoms with E-state index in [-0.39, 0.29) is 23.3 Å². The monoisotopic (exact) mass is 555 g/mol. The number of carbonyl (C=O) groups excluding carboxylic acids is 3. The van der Waals surface area contributed by atoms with Crippen LogP contribution >= 0.6 is 0 Å². The second-order valence-electron chi connectivity index (χ2n) is 9.88. The number of hydrogen-bond donors (Lipinski definition) is 2. The van der Waals surface area contributed by atoms with E-state index in [1.165, 1.54) is 12.1 Å². The fourth-order valence-electron chi connectivity index (χ4n) is 4.18. The lowest BCUT2D eigenvalue weighted by Crippen LogP contribution is -2.55. The number of morpholine rings is 1. The van der Waals surface area contributed by atoms with Crippen LogP contribution in [0.5, 0.6) is 0 Å². The quantitative estimate of drug-likeness (QED) is 0.388. The first-order valence-corrected chi connectivity index (χ1v) is 14.7. The summed E-state index contributed by atoms with van der Waals surface area (Å²) < 4.78 is 30.6. The molecule has 1 aliphatic rings. The van der Waals surface area contributed by atoms with Crippen LogP contribution in [0.1, 0.15) is 32.3 Å². The Morgan fingerprint density at radius 3 is 2.15 bits per heavy atom. The number of carbonyl (C=O) groups is 3. The molecule has 1 heterocycles. The topological polar surface area (TPSA) is 122 Å². The highest BCUT2D eigenvalue weighted by molar-refractivity contribution is 7.94. The minimum atomic E-state index is -3.83. The van der Waals surface area contributed by atoms with Crippen molar-refractivity contribution in [1.29, 1.82) is 0 Å². The molecular formula is C29H37N3O6S. The van der Waals surface area contributed by atoms with Crippen LogP contribution in [0, 0.1) is 5.92 Å². The molecule has 0 unspecified atom stereocenters. The predicted octanol–water partition coefficient (Wildman–Crippen LogP) is 3.12. The van der Waals surface area contributed by atoms with E-state index in [1.807, 2.05) is 44.2 Å². The van der Waals surface area contributed by atoms with Crippen molar-refractivity contribution in [2.45, 2.75) is 50.1 Å². The molecule has 3 rings (SSSR count). The number of rotatable bonds is 12. The summed E-state index contributed by atoms with van der Waals surface area (Å²) in [5, 5.41) is 6.47. The van der Waals surface area contributed by atoms with Gasteiger partial charge in [0.25, 0.3) is 0 Å². The summed E-state index contributed by atoms with van der Waals surface area (Å²) >= 11 is 0. The maximum absolute atomic E-state index is 13.4. The first-order chi connectivity index (χ1) is 18.7. The van der Waals surface area contributed by atoms with Crippen molar-refractivity contribution < 1.29 is 27.5 Å². The summed E-state index contributed by atoms with van der Waals surface area (Å²) in [7, 11) is -3.83. The molecule has 10 heteroatoms. The number of nitrogens with zero attached hydrogens (tertiary/aromatic N) is 1. The van der Waals surface area contributed by atoms with Crippen LogP contribution in [-0.2, 0) is 30.6 Å². The summed E-state index contributed by atoms with van der Waals surface area (Å²) in [4.78, 5) is 41.1. The first kappa shape index (κ1) is 30.0. The van der Waals surface area contributed by atoms with Crippen LogP contribution in [0.25, 0.3) is 0 Å². The molecular weight excluding hydrogens is 518 g/mol. The van der Waals surface area contributed by atoms with Crippen molar-refractivity contribution >= 4 is 27.6 Å². The van der Waals surface area contributed by atoms with E-state index < -0.39 is 33.6 Å². The minimum absolute atomic E-state index is 0.0711. The Bertz CT molecular complexity index is 1230. The molecule has 39 heavy (non-hydrogen) atoms. The zero-order chi connectivity index (χ0) is 28.3. The zero-order valence-corrected chi connectivity index (χ0v) is 23.2. The fourth-order valence-corrected chi connectivity index (χ4v) is 5.19. The lowest BCUT2D eigenvalue weighted by molar-refractivity contribution is -0.127. The van der Waals surface area contributed by atoms with E-state index in [0.717, 1.165) is 17.0 Å². The Morgan fingerprint density at radius 1 is 0.923 bits per heavy atom. The second-order valence-corrected chi connectivity index (χ2v) is 11.7. The number of benzene rings is 2. The number of ketones is 1. The molecule has 0 bridgehead atoms. The van der Waals surface area contributed by atoms with Crippen LogP contribution in [0.4, 0.5) is 4.79 Å². The van der Waals surface area contributed by atoms with Gasteiger partial charge in [0.1, 0.15) is 6.04 Å². The van der Waals surface area contributed by atoms with Crippen molar-refractivity contribution in [3.8, 4) is 0 Å². The van der Waals surface area contributed by atoms with Crippen molar-refractivity contribution in [1.82, 2.24) is 15.5 Å². The smallest absolute Gasteiger partial charge is 0.318 e. The Kier molecular flexibility index (Phi) is 11.2. The van der Waals surface area contributed by atoms with Gasteiger partial charge in [-0.25, -0.2) is 13.2 Å². The highest BCUT2D eigenvalue weighted by atomic mass is 32.2. The van der Waals surface area contributed by atoms with Crippen molar-refractivity contribution in [2.75, 3.05) is 26.3 Å². The molecule has 0 aromatic heterocycles. The van der Waals surface area contributed by atoms with Crippen LogP contribution in [-0.4, -0.2) is 69.4 Å². The van der Waals surface area contributed by atoms with Gasteiger partial charge < -0.3 is 20.3 Å². The van der Waals surface area contributed by atoms with E-state index in [4.69, 9.17) is 4.74 Å². The Balaban J connectivity index is 1.76. The maximum atomic E-state index is 13.4. The van der Waals surface area contributed by atoms with Gasteiger partial charge in [0.2, 0.25) is 5.91 Å². The predicted molar refractivity (Wildman–Crippen MR) is 149 cm³/mol. The molecule has 9 nitrogen and oxygen atoms in total. The third kappa shape index (κ3) is 9.63. The van der Waals surface area contributed by atoms with E-state index in [1.54, 1.807) is 23.1 Å². The van der Waals surface area contributed by atoms with E-state index >= 15 is 0 Å². The number of urea groups is 1. The van der Waals surface area contributed by atoms with Crippen LogP contribution in [0.2, 0.25) is 0 Å². The van der Waals surface area contributed by atoms with E-state index in [9.17, 15) is 22.8 Å². The number of sulfone groups is 1. The highest BCUT2D eigenvalue weighted by Gasteiger charge is 2.28. The number of hydrogen-bond acceptors (Lipinski definition) is 6. The lowest BCUT2D eigenvalue weighted by Gasteiger charge is -2.30. The van der Waals surface area contributed by atoms with Gasteiger partial charge in [0.05, 0.1) is 24.2 Å². The van der Waals surface area contributed by atoms with Crippen molar-refractivity contribution in [3.63, 3.8) is 0 Å². The molecule has 0 saturated carbocycles. The van der Waals surface area contributed by atoms with Gasteiger partial charge in [0, 0.05) is 18.5 Å². The molecule has 0 aliphatic carbocycles. The molecule has 1 saturated heterocycles. The number of nitrogens with one attached hydrogen (secondary N) is 2. The first-order valence-electron chi connectivity index (χ1n) is 13.2. The van der Waals surface area contributed by atoms with Gasteiger partial charge in [-0.1, -0.05) is 62.4 Å². The average molecular weight is 556 g/mol. The number of aryl methyl sites for hydroxylation is 1. The molecule has 2 N–H and O–H groups in total. The van der Waals surface area contributed by atoms with Gasteiger partial charge in [0.15, 0.2) is 15.6 Å². The van der Waals surface area contributed by atoms with Crippen molar-refractivity contribution in [3.05, 3.63) is 77.7 Å². The molecule has 2 aromatic rings. The molecule has 0 spiro atoms. The summed E-state index contributed by atoms with van der Waals surface area (Å²) in [5.41, 5.74) is 0.977. The molecule has 2 aromatic carbocycles. The second kappa shape index (κ2) is 14.6. The number of ether oxygens (including phenoxy) is 1. The molecule has 0 radical (unpaired) electrons. The fraction of sp³-hybridized carbons (Fsp3) is 0.414. The largest absolute Gasteiger partial charge is 0.378 e. The van der Waals surface area contributed by atoms with Gasteiger partial charge in [-0.15, -0.1) is 0 Å². The summed E-state index contributed by atoms with van der Waals surface area (Å²) in [6.45, 7) is 5.61. The summed E-state index contributed by atoms with van der Waals surface area (Å²) in [6, 6.07) is 15.1. The third-order valence-corrected chi connectivity index (χ3v) is 7.75. The van der Waals surface area contributed by atoms with Crippen LogP contribution < -0.4 is 10.6 Å². The highest BCUT2D eigenvalue weighted by Crippen LogP contribution is 2.13. The van der Waals surface area contributed by atoms with Gasteiger partial charge in [-0.2, -0.15) is 0 Å². The summed E-state index contributed by atoms with van der Waals surface area (Å²) in [5.74, 6) is -0.933. The van der Waals surface area contributed by atoms with Gasteiger partial charge >= 0.3 is 6.03 Å². The minimum Gasteiger partial charge on any atom is -0.378 e. The molecule has 210 valence electrons. The van der Waals surface area contributed by atoms with Crippen molar-refractivity contribution in [2.24, 2.45) is 5.92 Å². The Hall–Kier alpha value is -3.50. The van der Waals surface area contributed by atoms with Crippen LogP contribution in [0.15, 0.2) is 77.0 Å². The maximum Gasteiger partial charge on any atom is 0.318 e. The molecule has 3 amide bonds. The van der Waals surface area contributed by atoms with Gasteiger partial charge in [-0.05, 0) is 49.0 Å².